The first-order valence-electron chi connectivity index (χ1n) is 6.68. The summed E-state index contributed by atoms with van der Waals surface area (Å²) >= 11 is 7.53. The van der Waals surface area contributed by atoms with E-state index in [-0.39, 0.29) is 0 Å². The van der Waals surface area contributed by atoms with Crippen LogP contribution in [0.25, 0.3) is 11.0 Å². The van der Waals surface area contributed by atoms with E-state index >= 15 is 0 Å². The summed E-state index contributed by atoms with van der Waals surface area (Å²) in [5, 5.41) is 0. The average Bonchev–Trinajstić information content (AvgIpc) is 2.81. The molecule has 1 aromatic carbocycles. The second-order valence-electron chi connectivity index (χ2n) is 4.87. The van der Waals surface area contributed by atoms with Crippen LogP contribution < -0.4 is 9.47 Å². The van der Waals surface area contributed by atoms with Crippen molar-refractivity contribution in [3.8, 4) is 11.5 Å². The molecule has 108 valence electrons. The molecule has 4 nitrogen and oxygen atoms in total. The van der Waals surface area contributed by atoms with E-state index < -0.39 is 0 Å². The van der Waals surface area contributed by atoms with Crippen LogP contribution in [-0.4, -0.2) is 35.3 Å². The molecule has 6 heteroatoms. The van der Waals surface area contributed by atoms with Crippen molar-refractivity contribution >= 4 is 35.0 Å². The van der Waals surface area contributed by atoms with Crippen molar-refractivity contribution in [1.82, 2.24) is 9.55 Å². The van der Waals surface area contributed by atoms with Crippen LogP contribution in [0.2, 0.25) is 0 Å². The number of hydrogen-bond acceptors (Lipinski definition) is 4. The molecule has 1 aromatic heterocycles. The minimum absolute atomic E-state index is 0.482. The fraction of sp³-hybridized carbons (Fsp3) is 0.500. The number of ether oxygens (including phenoxy) is 2. The van der Waals surface area contributed by atoms with Gasteiger partial charge in [0.15, 0.2) is 16.3 Å². The summed E-state index contributed by atoms with van der Waals surface area (Å²) in [6.07, 6.45) is 2.33. The van der Waals surface area contributed by atoms with Gasteiger partial charge in [0.2, 0.25) is 0 Å². The Morgan fingerprint density at radius 2 is 1.85 bits per heavy atom. The lowest BCUT2D eigenvalue weighted by Crippen LogP contribution is -2.15. The predicted octanol–water partition coefficient (Wildman–Crippen LogP) is 3.78. The summed E-state index contributed by atoms with van der Waals surface area (Å²) < 4.78 is 13.8. The van der Waals surface area contributed by atoms with Gasteiger partial charge in [-0.25, -0.2) is 0 Å². The van der Waals surface area contributed by atoms with E-state index in [0.29, 0.717) is 6.04 Å². The fourth-order valence-corrected chi connectivity index (χ4v) is 4.20. The number of nitrogens with one attached hydrogen (secondary N) is 1. The number of benzene rings is 1. The lowest BCUT2D eigenvalue weighted by atomic mass is 10.1. The molecular weight excluding hydrogens is 292 g/mol. The molecule has 0 amide bonds. The van der Waals surface area contributed by atoms with Gasteiger partial charge in [-0.05, 0) is 36.6 Å². The maximum atomic E-state index is 5.51. The van der Waals surface area contributed by atoms with E-state index in [9.17, 15) is 0 Å². The molecule has 0 spiro atoms. The summed E-state index contributed by atoms with van der Waals surface area (Å²) in [6.45, 7) is 0. The molecule has 1 aliphatic heterocycles. The first-order valence-corrected chi connectivity index (χ1v) is 8.25. The second-order valence-corrected chi connectivity index (χ2v) is 6.48. The van der Waals surface area contributed by atoms with E-state index in [2.05, 4.69) is 9.55 Å². The zero-order valence-corrected chi connectivity index (χ0v) is 13.3. The summed E-state index contributed by atoms with van der Waals surface area (Å²) in [5.41, 5.74) is 2.11. The molecule has 0 radical (unpaired) electrons. The Morgan fingerprint density at radius 1 is 1.20 bits per heavy atom. The molecule has 0 saturated carbocycles. The lowest BCUT2D eigenvalue weighted by molar-refractivity contribution is 0.355. The van der Waals surface area contributed by atoms with Gasteiger partial charge in [0.1, 0.15) is 0 Å². The topological polar surface area (TPSA) is 39.2 Å². The van der Waals surface area contributed by atoms with Crippen LogP contribution in [-0.2, 0) is 0 Å². The van der Waals surface area contributed by atoms with E-state index in [1.54, 1.807) is 14.2 Å². The van der Waals surface area contributed by atoms with E-state index in [4.69, 9.17) is 21.7 Å². The van der Waals surface area contributed by atoms with Gasteiger partial charge in [0.25, 0.3) is 0 Å². The molecule has 0 bridgehead atoms. The number of thioether (sulfide) groups is 1. The van der Waals surface area contributed by atoms with E-state index in [0.717, 1.165) is 27.3 Å². The molecule has 20 heavy (non-hydrogen) atoms. The number of methoxy groups -OCH3 is 2. The Kier molecular flexibility index (Phi) is 3.94. The highest BCUT2D eigenvalue weighted by atomic mass is 32.2. The lowest BCUT2D eigenvalue weighted by Gasteiger charge is -2.23. The zero-order valence-electron chi connectivity index (χ0n) is 11.6. The normalized spacial score (nSPS) is 16.5. The minimum atomic E-state index is 0.482. The number of nitrogens with zero attached hydrogens (tertiary/aromatic N) is 1. The Morgan fingerprint density at radius 3 is 2.50 bits per heavy atom. The van der Waals surface area contributed by atoms with Crippen molar-refractivity contribution < 1.29 is 9.47 Å². The van der Waals surface area contributed by atoms with Crippen molar-refractivity contribution in [3.05, 3.63) is 16.9 Å². The van der Waals surface area contributed by atoms with Crippen molar-refractivity contribution in [2.24, 2.45) is 0 Å². The van der Waals surface area contributed by atoms with Gasteiger partial charge in [-0.15, -0.1) is 0 Å². The van der Waals surface area contributed by atoms with Gasteiger partial charge < -0.3 is 19.0 Å². The molecule has 1 fully saturated rings. The van der Waals surface area contributed by atoms with E-state index in [1.165, 1.54) is 24.3 Å². The van der Waals surface area contributed by atoms with Gasteiger partial charge >= 0.3 is 0 Å². The van der Waals surface area contributed by atoms with Crippen molar-refractivity contribution in [2.75, 3.05) is 25.7 Å². The molecule has 2 heterocycles. The average molecular weight is 310 g/mol. The Labute approximate surface area is 127 Å². The molecule has 1 saturated heterocycles. The van der Waals surface area contributed by atoms with Crippen molar-refractivity contribution in [3.63, 3.8) is 0 Å². The smallest absolute Gasteiger partial charge is 0.178 e. The quantitative estimate of drug-likeness (QED) is 0.876. The van der Waals surface area contributed by atoms with Crippen LogP contribution in [0.3, 0.4) is 0 Å². The Hall–Kier alpha value is -1.14. The van der Waals surface area contributed by atoms with Crippen LogP contribution in [0.1, 0.15) is 18.9 Å². The van der Waals surface area contributed by atoms with Gasteiger partial charge in [-0.3, -0.25) is 0 Å². The van der Waals surface area contributed by atoms with Crippen LogP contribution in [0.15, 0.2) is 12.1 Å². The summed E-state index contributed by atoms with van der Waals surface area (Å²) in [7, 11) is 3.31. The third-order valence-corrected chi connectivity index (χ3v) is 5.13. The molecule has 0 aliphatic carbocycles. The fourth-order valence-electron chi connectivity index (χ4n) is 2.76. The number of aromatic nitrogens is 2. The Balaban J connectivity index is 2.16. The summed E-state index contributed by atoms with van der Waals surface area (Å²) in [4.78, 5) is 3.29. The number of aromatic amines is 1. The van der Waals surface area contributed by atoms with Gasteiger partial charge in [-0.1, -0.05) is 0 Å². The monoisotopic (exact) mass is 310 g/mol. The SMILES string of the molecule is COc1cc2[nH]c(=S)n(C3CCSCC3)c2cc1OC. The van der Waals surface area contributed by atoms with E-state index in [1.807, 2.05) is 23.9 Å². The predicted molar refractivity (Wildman–Crippen MR) is 85.8 cm³/mol. The number of H-pyrrole nitrogens is 1. The van der Waals surface area contributed by atoms with Crippen molar-refractivity contribution in [2.45, 2.75) is 18.9 Å². The first kappa shape index (κ1) is 13.8. The summed E-state index contributed by atoms with van der Waals surface area (Å²) in [6, 6.07) is 4.45. The third-order valence-electron chi connectivity index (χ3n) is 3.78. The molecule has 0 unspecified atom stereocenters. The zero-order chi connectivity index (χ0) is 14.1. The van der Waals surface area contributed by atoms with Crippen LogP contribution in [0.5, 0.6) is 11.5 Å². The molecule has 0 atom stereocenters. The molecule has 1 aliphatic rings. The maximum absolute atomic E-state index is 5.51. The second kappa shape index (κ2) is 5.69. The molecular formula is C14H18N2O2S2. The third kappa shape index (κ3) is 2.31. The maximum Gasteiger partial charge on any atom is 0.178 e. The first-order chi connectivity index (χ1) is 9.74. The number of fused-ring (bicyclic) bond motifs is 1. The van der Waals surface area contributed by atoms with Crippen LogP contribution in [0.4, 0.5) is 0 Å². The van der Waals surface area contributed by atoms with Crippen LogP contribution >= 0.6 is 24.0 Å². The van der Waals surface area contributed by atoms with Gasteiger partial charge in [0, 0.05) is 18.2 Å². The number of hydrogen-bond donors (Lipinski definition) is 1. The highest BCUT2D eigenvalue weighted by Gasteiger charge is 2.20. The largest absolute Gasteiger partial charge is 0.493 e. The number of imidazole rings is 1. The molecule has 3 rings (SSSR count). The number of rotatable bonds is 3. The highest BCUT2D eigenvalue weighted by Crippen LogP contribution is 2.35. The minimum Gasteiger partial charge on any atom is -0.493 e. The van der Waals surface area contributed by atoms with Gasteiger partial charge in [0.05, 0.1) is 25.3 Å². The Bertz CT molecular complexity index is 672. The van der Waals surface area contributed by atoms with Crippen molar-refractivity contribution in [1.29, 1.82) is 0 Å². The van der Waals surface area contributed by atoms with Gasteiger partial charge in [-0.2, -0.15) is 11.8 Å². The van der Waals surface area contributed by atoms with Crippen LogP contribution in [0, 0.1) is 4.77 Å². The molecule has 1 N–H and O–H groups in total. The molecule has 2 aromatic rings. The summed E-state index contributed by atoms with van der Waals surface area (Å²) in [5.74, 6) is 3.87. The highest BCUT2D eigenvalue weighted by molar-refractivity contribution is 7.99. The standard InChI is InChI=1S/C14H18N2O2S2/c1-17-12-7-10-11(8-13(12)18-2)16(14(19)15-10)9-3-5-20-6-4-9/h7-9H,3-6H2,1-2H3,(H,15,19).